The average Bonchev–Trinajstić information content (AvgIpc) is 3.00. The molecule has 11 nitrogen and oxygen atoms in total. The van der Waals surface area contributed by atoms with Crippen molar-refractivity contribution in [3.8, 4) is 11.5 Å². The zero-order chi connectivity index (χ0) is 28.4. The van der Waals surface area contributed by atoms with Crippen molar-refractivity contribution in [2.75, 3.05) is 50.9 Å². The Hall–Kier alpha value is -4.42. The lowest BCUT2D eigenvalue weighted by Gasteiger charge is -2.26. The maximum absolute atomic E-state index is 13.4. The number of rotatable bonds is 11. The standard InChI is InChI=1S/C28H30N4O7S/c1-37-24-13-9-23(10-14-24)32(40(35,36)26-5-3-2-4-6-26)20-27(33)30-29-19-22-7-11-25(12-8-22)39-21-28(34)31-15-17-38-18-16-31/h2-14,19H,15-18,20-21H2,1H3,(H,30,33)/b29-19-. The molecule has 4 rings (SSSR count). The van der Waals surface area contributed by atoms with Gasteiger partial charge in [-0.3, -0.25) is 13.9 Å². The van der Waals surface area contributed by atoms with E-state index >= 15 is 0 Å². The van der Waals surface area contributed by atoms with Gasteiger partial charge in [0.1, 0.15) is 18.0 Å². The fourth-order valence-electron chi connectivity index (χ4n) is 3.83. The molecule has 0 spiro atoms. The molecule has 0 atom stereocenters. The number of amides is 2. The number of ether oxygens (including phenoxy) is 3. The zero-order valence-electron chi connectivity index (χ0n) is 21.9. The van der Waals surface area contributed by atoms with Gasteiger partial charge in [-0.1, -0.05) is 18.2 Å². The number of hydrogen-bond donors (Lipinski definition) is 1. The van der Waals surface area contributed by atoms with Crippen LogP contribution in [0.5, 0.6) is 11.5 Å². The molecule has 1 heterocycles. The van der Waals surface area contributed by atoms with Gasteiger partial charge in [0.25, 0.3) is 21.8 Å². The predicted molar refractivity (Wildman–Crippen MR) is 149 cm³/mol. The maximum atomic E-state index is 13.4. The van der Waals surface area contributed by atoms with E-state index in [2.05, 4.69) is 10.5 Å². The van der Waals surface area contributed by atoms with Crippen LogP contribution in [0.2, 0.25) is 0 Å². The second kappa shape index (κ2) is 13.6. The molecule has 1 aliphatic heterocycles. The van der Waals surface area contributed by atoms with Crippen LogP contribution >= 0.6 is 0 Å². The summed E-state index contributed by atoms with van der Waals surface area (Å²) in [7, 11) is -2.53. The molecule has 1 fully saturated rings. The van der Waals surface area contributed by atoms with Crippen LogP contribution in [-0.2, 0) is 24.3 Å². The summed E-state index contributed by atoms with van der Waals surface area (Å²) in [5, 5.41) is 3.96. The van der Waals surface area contributed by atoms with E-state index in [0.717, 1.165) is 4.31 Å². The monoisotopic (exact) mass is 566 g/mol. The molecule has 40 heavy (non-hydrogen) atoms. The van der Waals surface area contributed by atoms with Gasteiger partial charge < -0.3 is 19.1 Å². The average molecular weight is 567 g/mol. The molecular formula is C28H30N4O7S. The van der Waals surface area contributed by atoms with E-state index in [9.17, 15) is 18.0 Å². The number of nitrogens with zero attached hydrogens (tertiary/aromatic N) is 3. The van der Waals surface area contributed by atoms with Crippen LogP contribution in [-0.4, -0.2) is 77.9 Å². The number of morpholine rings is 1. The van der Waals surface area contributed by atoms with Crippen LogP contribution in [0.15, 0.2) is 88.9 Å². The normalized spacial score (nSPS) is 13.6. The van der Waals surface area contributed by atoms with E-state index in [1.54, 1.807) is 71.6 Å². The molecule has 0 saturated carbocycles. The van der Waals surface area contributed by atoms with Gasteiger partial charge in [-0.15, -0.1) is 0 Å². The van der Waals surface area contributed by atoms with E-state index in [1.165, 1.54) is 25.5 Å². The van der Waals surface area contributed by atoms with E-state index < -0.39 is 22.5 Å². The Morgan fingerprint density at radius 1 is 0.975 bits per heavy atom. The van der Waals surface area contributed by atoms with Crippen LogP contribution in [0.4, 0.5) is 5.69 Å². The summed E-state index contributed by atoms with van der Waals surface area (Å²) in [5.41, 5.74) is 3.34. The van der Waals surface area contributed by atoms with Crippen molar-refractivity contribution in [2.24, 2.45) is 5.10 Å². The number of hydrogen-bond acceptors (Lipinski definition) is 8. The van der Waals surface area contributed by atoms with Gasteiger partial charge in [0.15, 0.2) is 6.61 Å². The smallest absolute Gasteiger partial charge is 0.264 e. The van der Waals surface area contributed by atoms with Crippen LogP contribution in [0.3, 0.4) is 0 Å². The third-order valence-corrected chi connectivity index (χ3v) is 7.78. The molecule has 0 aromatic heterocycles. The highest BCUT2D eigenvalue weighted by molar-refractivity contribution is 7.92. The largest absolute Gasteiger partial charge is 0.497 e. The zero-order valence-corrected chi connectivity index (χ0v) is 22.7. The highest BCUT2D eigenvalue weighted by atomic mass is 32.2. The SMILES string of the molecule is COc1ccc(N(CC(=O)N/N=C\c2ccc(OCC(=O)N3CCOCC3)cc2)S(=O)(=O)c2ccccc2)cc1. The van der Waals surface area contributed by atoms with Crippen LogP contribution in [0.25, 0.3) is 0 Å². The second-order valence-corrected chi connectivity index (χ2v) is 10.5. The summed E-state index contributed by atoms with van der Waals surface area (Å²) in [6.07, 6.45) is 1.42. The van der Waals surface area contributed by atoms with Crippen molar-refractivity contribution >= 4 is 33.7 Å². The number of sulfonamides is 1. The molecule has 0 unspecified atom stereocenters. The first-order valence-corrected chi connectivity index (χ1v) is 13.9. The molecule has 1 N–H and O–H groups in total. The second-order valence-electron chi connectivity index (χ2n) is 8.67. The number of hydrazone groups is 1. The van der Waals surface area contributed by atoms with Crippen molar-refractivity contribution in [1.29, 1.82) is 0 Å². The third kappa shape index (κ3) is 7.58. The molecule has 3 aromatic rings. The van der Waals surface area contributed by atoms with Crippen molar-refractivity contribution in [2.45, 2.75) is 4.90 Å². The highest BCUT2D eigenvalue weighted by Gasteiger charge is 2.27. The third-order valence-electron chi connectivity index (χ3n) is 5.99. The van der Waals surface area contributed by atoms with E-state index in [1.807, 2.05) is 0 Å². The summed E-state index contributed by atoms with van der Waals surface area (Å²) >= 11 is 0. The van der Waals surface area contributed by atoms with Crippen LogP contribution < -0.4 is 19.2 Å². The topological polar surface area (TPSA) is 127 Å². The lowest BCUT2D eigenvalue weighted by Crippen LogP contribution is -2.42. The number of anilines is 1. The molecule has 210 valence electrons. The minimum atomic E-state index is -4.04. The van der Waals surface area contributed by atoms with Crippen molar-refractivity contribution in [3.63, 3.8) is 0 Å². The van der Waals surface area contributed by atoms with Crippen molar-refractivity contribution in [3.05, 3.63) is 84.4 Å². The predicted octanol–water partition coefficient (Wildman–Crippen LogP) is 2.28. The first-order chi connectivity index (χ1) is 19.4. The van der Waals surface area contributed by atoms with E-state index in [-0.39, 0.29) is 17.4 Å². The van der Waals surface area contributed by atoms with Gasteiger partial charge in [-0.25, -0.2) is 13.8 Å². The van der Waals surface area contributed by atoms with Gasteiger partial charge in [0.05, 0.1) is 37.1 Å². The Morgan fingerprint density at radius 2 is 1.62 bits per heavy atom. The van der Waals surface area contributed by atoms with Gasteiger partial charge in [0, 0.05) is 13.1 Å². The molecule has 0 bridgehead atoms. The van der Waals surface area contributed by atoms with Gasteiger partial charge in [-0.2, -0.15) is 5.10 Å². The molecule has 1 aliphatic rings. The summed E-state index contributed by atoms with van der Waals surface area (Å²) in [4.78, 5) is 26.7. The Balaban J connectivity index is 1.36. The molecule has 1 saturated heterocycles. The van der Waals surface area contributed by atoms with E-state index in [4.69, 9.17) is 14.2 Å². The lowest BCUT2D eigenvalue weighted by molar-refractivity contribution is -0.137. The number of nitrogens with one attached hydrogen (secondary N) is 1. The fourth-order valence-corrected chi connectivity index (χ4v) is 5.27. The molecule has 0 aliphatic carbocycles. The van der Waals surface area contributed by atoms with Gasteiger partial charge >= 0.3 is 0 Å². The number of benzene rings is 3. The van der Waals surface area contributed by atoms with Crippen molar-refractivity contribution < 1.29 is 32.2 Å². The summed E-state index contributed by atoms with van der Waals surface area (Å²) in [6.45, 7) is 1.60. The van der Waals surface area contributed by atoms with Crippen LogP contribution in [0.1, 0.15) is 5.56 Å². The van der Waals surface area contributed by atoms with E-state index in [0.29, 0.717) is 49.1 Å². The van der Waals surface area contributed by atoms with Gasteiger partial charge in [-0.05, 0) is 66.2 Å². The quantitative estimate of drug-likeness (QED) is 0.279. The minimum absolute atomic E-state index is 0.0519. The Bertz CT molecular complexity index is 1410. The first kappa shape index (κ1) is 28.6. The maximum Gasteiger partial charge on any atom is 0.264 e. The first-order valence-electron chi connectivity index (χ1n) is 12.5. The molecule has 0 radical (unpaired) electrons. The Morgan fingerprint density at radius 3 is 2.27 bits per heavy atom. The molecule has 2 amide bonds. The van der Waals surface area contributed by atoms with Crippen molar-refractivity contribution in [1.82, 2.24) is 10.3 Å². The number of carbonyl (C=O) groups is 2. The van der Waals surface area contributed by atoms with Crippen LogP contribution in [0, 0.1) is 0 Å². The Labute approximate surface area is 233 Å². The summed E-state index contributed by atoms with van der Waals surface area (Å²) in [6, 6.07) is 21.0. The highest BCUT2D eigenvalue weighted by Crippen LogP contribution is 2.25. The number of methoxy groups -OCH3 is 1. The molecule has 3 aromatic carbocycles. The number of carbonyl (C=O) groups excluding carboxylic acids is 2. The Kier molecular flexibility index (Phi) is 9.71. The fraction of sp³-hybridized carbons (Fsp3) is 0.250. The lowest BCUT2D eigenvalue weighted by atomic mass is 10.2. The molecular weight excluding hydrogens is 536 g/mol. The summed E-state index contributed by atoms with van der Waals surface area (Å²) in [5.74, 6) is 0.335. The summed E-state index contributed by atoms with van der Waals surface area (Å²) < 4.78 is 43.7. The molecule has 12 heteroatoms. The minimum Gasteiger partial charge on any atom is -0.497 e. The van der Waals surface area contributed by atoms with Gasteiger partial charge in [0.2, 0.25) is 0 Å².